The van der Waals surface area contributed by atoms with Crippen molar-refractivity contribution in [3.8, 4) is 11.5 Å². The Morgan fingerprint density at radius 2 is 1.79 bits per heavy atom. The molecule has 0 bridgehead atoms. The number of amides is 1. The number of anilines is 1. The molecule has 33 heavy (non-hydrogen) atoms. The molecular formula is C24H20N4O5. The minimum absolute atomic E-state index is 0.131. The summed E-state index contributed by atoms with van der Waals surface area (Å²) in [5, 5.41) is 2.76. The smallest absolute Gasteiger partial charge is 0.332 e. The van der Waals surface area contributed by atoms with Gasteiger partial charge in [-0.15, -0.1) is 0 Å². The lowest BCUT2D eigenvalue weighted by Crippen LogP contribution is -2.42. The van der Waals surface area contributed by atoms with E-state index in [4.69, 9.17) is 9.47 Å². The molecule has 5 rings (SSSR count). The Bertz CT molecular complexity index is 1460. The Kier molecular flexibility index (Phi) is 5.35. The zero-order valence-electron chi connectivity index (χ0n) is 17.6. The molecule has 0 atom stereocenters. The maximum absolute atomic E-state index is 13.2. The number of hydrogen-bond donors (Lipinski definition) is 1. The number of aryl methyl sites for hydroxylation is 1. The van der Waals surface area contributed by atoms with Crippen molar-refractivity contribution in [1.82, 2.24) is 14.1 Å². The van der Waals surface area contributed by atoms with E-state index in [9.17, 15) is 14.4 Å². The molecule has 0 saturated carbocycles. The lowest BCUT2D eigenvalue weighted by molar-refractivity contribution is -0.116. The molecule has 0 radical (unpaired) electrons. The summed E-state index contributed by atoms with van der Waals surface area (Å²) < 4.78 is 13.0. The van der Waals surface area contributed by atoms with Gasteiger partial charge in [0.05, 0.1) is 5.52 Å². The normalized spacial score (nSPS) is 12.1. The van der Waals surface area contributed by atoms with Gasteiger partial charge in [0, 0.05) is 24.5 Å². The second-order valence-corrected chi connectivity index (χ2v) is 7.55. The van der Waals surface area contributed by atoms with Gasteiger partial charge in [-0.2, -0.15) is 0 Å². The summed E-state index contributed by atoms with van der Waals surface area (Å²) >= 11 is 0. The summed E-state index contributed by atoms with van der Waals surface area (Å²) in [6, 6.07) is 17.9. The summed E-state index contributed by atoms with van der Waals surface area (Å²) in [6.45, 7) is 0.0324. The summed E-state index contributed by atoms with van der Waals surface area (Å²) in [7, 11) is 0. The number of ether oxygens (including phenoxy) is 2. The van der Waals surface area contributed by atoms with Gasteiger partial charge in [-0.25, -0.2) is 9.78 Å². The predicted octanol–water partition coefficient (Wildman–Crippen LogP) is 2.17. The van der Waals surface area contributed by atoms with E-state index in [1.54, 1.807) is 30.3 Å². The van der Waals surface area contributed by atoms with Crippen LogP contribution in [0.4, 0.5) is 5.69 Å². The maximum Gasteiger partial charge on any atom is 0.332 e. The van der Waals surface area contributed by atoms with Gasteiger partial charge in [0.15, 0.2) is 17.0 Å². The van der Waals surface area contributed by atoms with Crippen molar-refractivity contribution < 1.29 is 14.3 Å². The third-order valence-corrected chi connectivity index (χ3v) is 5.41. The number of nitrogens with one attached hydrogen (secondary N) is 1. The van der Waals surface area contributed by atoms with E-state index < -0.39 is 17.2 Å². The van der Waals surface area contributed by atoms with Gasteiger partial charge in [0.1, 0.15) is 6.54 Å². The van der Waals surface area contributed by atoms with Crippen molar-refractivity contribution in [2.75, 3.05) is 12.1 Å². The fourth-order valence-electron chi connectivity index (χ4n) is 3.80. The van der Waals surface area contributed by atoms with E-state index in [0.717, 1.165) is 10.1 Å². The number of carbonyl (C=O) groups is 1. The molecule has 1 N–H and O–H groups in total. The molecule has 0 fully saturated rings. The summed E-state index contributed by atoms with van der Waals surface area (Å²) in [4.78, 5) is 43.2. The number of hydrogen-bond acceptors (Lipinski definition) is 6. The van der Waals surface area contributed by atoms with Crippen LogP contribution in [0.1, 0.15) is 5.56 Å². The minimum atomic E-state index is -0.558. The average molecular weight is 444 g/mol. The highest BCUT2D eigenvalue weighted by Crippen LogP contribution is 2.34. The second kappa shape index (κ2) is 8.62. The molecule has 166 valence electrons. The highest BCUT2D eigenvalue weighted by Gasteiger charge is 2.18. The third kappa shape index (κ3) is 4.08. The fourth-order valence-corrected chi connectivity index (χ4v) is 3.80. The van der Waals surface area contributed by atoms with E-state index >= 15 is 0 Å². The Balaban J connectivity index is 1.46. The molecular weight excluding hydrogens is 424 g/mol. The predicted molar refractivity (Wildman–Crippen MR) is 122 cm³/mol. The van der Waals surface area contributed by atoms with Crippen LogP contribution in [0.25, 0.3) is 11.0 Å². The first-order valence-corrected chi connectivity index (χ1v) is 10.4. The van der Waals surface area contributed by atoms with Gasteiger partial charge in [-0.3, -0.25) is 18.7 Å². The number of carbonyl (C=O) groups excluding carboxylic acids is 1. The highest BCUT2D eigenvalue weighted by atomic mass is 16.7. The number of aromatic nitrogens is 3. The molecule has 9 heteroatoms. The van der Waals surface area contributed by atoms with Crippen molar-refractivity contribution in [3.05, 3.63) is 93.3 Å². The minimum Gasteiger partial charge on any atom is -0.454 e. The molecule has 0 spiro atoms. The lowest BCUT2D eigenvalue weighted by Gasteiger charge is -2.14. The van der Waals surface area contributed by atoms with Crippen molar-refractivity contribution >= 4 is 22.6 Å². The monoisotopic (exact) mass is 444 g/mol. The van der Waals surface area contributed by atoms with Gasteiger partial charge >= 0.3 is 5.69 Å². The number of benzene rings is 2. The second-order valence-electron chi connectivity index (χ2n) is 7.55. The van der Waals surface area contributed by atoms with Crippen LogP contribution in [0.3, 0.4) is 0 Å². The van der Waals surface area contributed by atoms with Crippen LogP contribution in [-0.2, 0) is 24.3 Å². The molecule has 4 aromatic rings. The van der Waals surface area contributed by atoms with Crippen LogP contribution in [0.5, 0.6) is 11.5 Å². The summed E-state index contributed by atoms with van der Waals surface area (Å²) in [6.07, 6.45) is 1.99. The zero-order valence-corrected chi connectivity index (χ0v) is 17.6. The molecule has 3 heterocycles. The largest absolute Gasteiger partial charge is 0.454 e. The molecule has 1 aliphatic heterocycles. The topological polar surface area (TPSA) is 104 Å². The van der Waals surface area contributed by atoms with Crippen LogP contribution in [0.2, 0.25) is 0 Å². The Hall–Kier alpha value is -4.40. The number of nitrogens with zero attached hydrogens (tertiary/aromatic N) is 3. The molecule has 2 aromatic carbocycles. The van der Waals surface area contributed by atoms with E-state index in [0.29, 0.717) is 29.1 Å². The SMILES string of the molecule is O=C(Cn1c(=O)n(CCc2ccccc2)c(=O)c2ncccc21)Nc1ccc2c(c1)OCO2. The van der Waals surface area contributed by atoms with Crippen LogP contribution < -0.4 is 26.0 Å². The van der Waals surface area contributed by atoms with Gasteiger partial charge in [-0.05, 0) is 36.2 Å². The van der Waals surface area contributed by atoms with Crippen LogP contribution in [0, 0.1) is 0 Å². The highest BCUT2D eigenvalue weighted by molar-refractivity contribution is 5.91. The van der Waals surface area contributed by atoms with Crippen molar-refractivity contribution in [2.24, 2.45) is 0 Å². The Morgan fingerprint density at radius 3 is 2.64 bits per heavy atom. The molecule has 0 saturated heterocycles. The molecule has 1 amide bonds. The van der Waals surface area contributed by atoms with Crippen LogP contribution in [-0.4, -0.2) is 26.8 Å². The van der Waals surface area contributed by atoms with Crippen LogP contribution in [0.15, 0.2) is 76.4 Å². The first kappa shape index (κ1) is 20.5. The molecule has 0 unspecified atom stereocenters. The maximum atomic E-state index is 13.2. The summed E-state index contributed by atoms with van der Waals surface area (Å²) in [5.74, 6) is 0.718. The van der Waals surface area contributed by atoms with Crippen molar-refractivity contribution in [1.29, 1.82) is 0 Å². The zero-order chi connectivity index (χ0) is 22.8. The van der Waals surface area contributed by atoms with E-state index in [1.165, 1.54) is 10.8 Å². The summed E-state index contributed by atoms with van der Waals surface area (Å²) in [5.41, 5.74) is 0.927. The molecule has 0 aliphatic carbocycles. The van der Waals surface area contributed by atoms with Gasteiger partial charge < -0.3 is 14.8 Å². The van der Waals surface area contributed by atoms with Crippen molar-refractivity contribution in [3.63, 3.8) is 0 Å². The Morgan fingerprint density at radius 1 is 0.970 bits per heavy atom. The Labute approximate surface area is 187 Å². The average Bonchev–Trinajstić information content (AvgIpc) is 3.30. The standard InChI is InChI=1S/C24H20N4O5/c29-21(26-17-8-9-19-20(13-17)33-15-32-19)14-28-18-7-4-11-25-22(18)23(30)27(24(28)31)12-10-16-5-2-1-3-6-16/h1-9,11,13H,10,12,14-15H2,(H,26,29). The van der Waals surface area contributed by atoms with Gasteiger partial charge in [-0.1, -0.05) is 30.3 Å². The van der Waals surface area contributed by atoms with E-state index in [-0.39, 0.29) is 25.4 Å². The molecule has 1 aliphatic rings. The van der Waals surface area contributed by atoms with Gasteiger partial charge in [0.2, 0.25) is 12.7 Å². The number of rotatable bonds is 6. The van der Waals surface area contributed by atoms with E-state index in [1.807, 2.05) is 30.3 Å². The first-order valence-electron chi connectivity index (χ1n) is 10.4. The molecule has 2 aromatic heterocycles. The number of fused-ring (bicyclic) bond motifs is 2. The quantitative estimate of drug-likeness (QED) is 0.489. The fraction of sp³-hybridized carbons (Fsp3) is 0.167. The van der Waals surface area contributed by atoms with Crippen LogP contribution >= 0.6 is 0 Å². The molecule has 9 nitrogen and oxygen atoms in total. The van der Waals surface area contributed by atoms with E-state index in [2.05, 4.69) is 10.3 Å². The third-order valence-electron chi connectivity index (χ3n) is 5.41. The van der Waals surface area contributed by atoms with Gasteiger partial charge in [0.25, 0.3) is 5.56 Å². The first-order chi connectivity index (χ1) is 16.1. The number of pyridine rings is 1. The van der Waals surface area contributed by atoms with Crippen molar-refractivity contribution in [2.45, 2.75) is 19.5 Å². The lowest BCUT2D eigenvalue weighted by atomic mass is 10.1.